The largest absolute Gasteiger partial charge is 0.417 e. The summed E-state index contributed by atoms with van der Waals surface area (Å²) >= 11 is 0. The van der Waals surface area contributed by atoms with E-state index in [1.807, 2.05) is 0 Å². The van der Waals surface area contributed by atoms with Gasteiger partial charge in [0.05, 0.1) is 33.9 Å². The van der Waals surface area contributed by atoms with Gasteiger partial charge in [-0.2, -0.15) is 0 Å². The van der Waals surface area contributed by atoms with Crippen molar-refractivity contribution in [1.29, 1.82) is 0 Å². The fraction of sp³-hybridized carbons (Fsp3) is 0.481. The number of β-lactam (4-membered cyclic amide) rings is 1. The molecule has 2 fully saturated rings. The Hall–Kier alpha value is -3.55. The number of hydrogen-bond acceptors (Lipinski definition) is 10. The molecule has 1 N–H and O–H groups in total. The van der Waals surface area contributed by atoms with Crippen LogP contribution in [0.5, 0.6) is 0 Å². The zero-order valence-corrected chi connectivity index (χ0v) is 22.8. The van der Waals surface area contributed by atoms with Crippen LogP contribution in [-0.4, -0.2) is 62.1 Å². The number of nitrogens with zero attached hydrogens (tertiary/aromatic N) is 1. The van der Waals surface area contributed by atoms with Crippen molar-refractivity contribution in [3.8, 4) is 0 Å². The third kappa shape index (κ3) is 5.16. The van der Waals surface area contributed by atoms with Gasteiger partial charge in [-0.15, -0.1) is 0 Å². The number of amides is 2. The highest BCUT2D eigenvalue weighted by atomic mass is 32.2. The van der Waals surface area contributed by atoms with E-state index in [2.05, 4.69) is 5.32 Å². The quantitative estimate of drug-likeness (QED) is 0.343. The van der Waals surface area contributed by atoms with Crippen molar-refractivity contribution >= 4 is 33.6 Å². The molecule has 4 heterocycles. The predicted molar refractivity (Wildman–Crippen MR) is 137 cm³/mol. The summed E-state index contributed by atoms with van der Waals surface area (Å²) in [6.07, 6.45) is 1.05. The highest BCUT2D eigenvalue weighted by Crippen LogP contribution is 2.47. The Bertz CT molecular complexity index is 1400. The summed E-state index contributed by atoms with van der Waals surface area (Å²) in [5.74, 6) is -3.42. The molecule has 4 aliphatic heterocycles. The lowest BCUT2D eigenvalue weighted by Gasteiger charge is -2.46. The standard InChI is InChI=1S/C27H30N2O10S/c1-3-20(30)28-11-13-40(34,35)19-14-18-22(15(2)37-21-10-6-7-12-36-21)24(31)29(18)23(19)26(33)39-27-17-9-5-4-8-16(17)25(32)38-27/h4-5,8-9,11,13,15,18,21-22,27H,3,6-7,10,12,14H2,1-2H3,(H,28,30). The van der Waals surface area contributed by atoms with E-state index < -0.39 is 69.9 Å². The first-order valence-corrected chi connectivity index (χ1v) is 14.7. The van der Waals surface area contributed by atoms with Gasteiger partial charge >= 0.3 is 11.9 Å². The van der Waals surface area contributed by atoms with Gasteiger partial charge in [0.25, 0.3) is 6.29 Å². The summed E-state index contributed by atoms with van der Waals surface area (Å²) < 4.78 is 48.9. The number of carbonyl (C=O) groups excluding carboxylic acids is 4. The third-order valence-electron chi connectivity index (χ3n) is 7.39. The molecule has 4 aliphatic rings. The van der Waals surface area contributed by atoms with Gasteiger partial charge in [0.2, 0.25) is 11.8 Å². The molecule has 2 saturated heterocycles. The van der Waals surface area contributed by atoms with Gasteiger partial charge in [-0.05, 0) is 32.3 Å². The number of ether oxygens (including phenoxy) is 4. The van der Waals surface area contributed by atoms with Gasteiger partial charge in [-0.3, -0.25) is 9.59 Å². The molecule has 0 bridgehead atoms. The van der Waals surface area contributed by atoms with Crippen LogP contribution in [0.25, 0.3) is 0 Å². The van der Waals surface area contributed by atoms with Crippen molar-refractivity contribution in [1.82, 2.24) is 10.2 Å². The van der Waals surface area contributed by atoms with Crippen LogP contribution in [0.1, 0.15) is 68.2 Å². The number of esters is 2. The van der Waals surface area contributed by atoms with E-state index in [0.29, 0.717) is 18.6 Å². The Kier molecular flexibility index (Phi) is 7.80. The summed E-state index contributed by atoms with van der Waals surface area (Å²) in [5, 5.41) is 3.11. The minimum atomic E-state index is -4.27. The first-order chi connectivity index (χ1) is 19.1. The van der Waals surface area contributed by atoms with E-state index in [1.54, 1.807) is 32.0 Å². The van der Waals surface area contributed by atoms with Crippen LogP contribution in [0.3, 0.4) is 0 Å². The van der Waals surface area contributed by atoms with Gasteiger partial charge < -0.3 is 29.2 Å². The predicted octanol–water partition coefficient (Wildman–Crippen LogP) is 2.18. The molecule has 2 amide bonds. The number of rotatable bonds is 9. The normalized spacial score (nSPS) is 26.7. The van der Waals surface area contributed by atoms with Crippen LogP contribution in [-0.2, 0) is 43.2 Å². The molecule has 0 radical (unpaired) electrons. The highest BCUT2D eigenvalue weighted by molar-refractivity contribution is 7.98. The van der Waals surface area contributed by atoms with Crippen LogP contribution in [0.4, 0.5) is 0 Å². The molecule has 5 rings (SSSR count). The molecular formula is C27H30N2O10S. The van der Waals surface area contributed by atoms with Gasteiger partial charge in [-0.25, -0.2) is 18.0 Å². The molecule has 0 spiro atoms. The maximum atomic E-state index is 13.5. The number of benzene rings is 1. The van der Waals surface area contributed by atoms with Crippen LogP contribution < -0.4 is 5.32 Å². The maximum Gasteiger partial charge on any atom is 0.359 e. The van der Waals surface area contributed by atoms with Crippen molar-refractivity contribution in [3.63, 3.8) is 0 Å². The SMILES string of the molecule is CCC(=O)NC=CS(=O)(=O)C1=C(C(=O)OC2OC(=O)c3ccccc32)N2C(=O)C(C(C)OC3CCCCO3)C2C1. The average molecular weight is 575 g/mol. The Balaban J connectivity index is 1.41. The fourth-order valence-electron chi connectivity index (χ4n) is 5.36. The molecule has 1 aromatic rings. The fourth-order valence-corrected chi connectivity index (χ4v) is 6.62. The monoisotopic (exact) mass is 574 g/mol. The van der Waals surface area contributed by atoms with Crippen LogP contribution in [0, 0.1) is 5.92 Å². The average Bonchev–Trinajstić information content (AvgIpc) is 3.44. The zero-order chi connectivity index (χ0) is 28.6. The second-order valence-corrected chi connectivity index (χ2v) is 11.8. The number of hydrogen-bond donors (Lipinski definition) is 1. The minimum absolute atomic E-state index is 0.140. The molecule has 13 heteroatoms. The highest BCUT2D eigenvalue weighted by Gasteiger charge is 2.59. The molecule has 1 aromatic carbocycles. The molecule has 0 saturated carbocycles. The van der Waals surface area contributed by atoms with E-state index in [0.717, 1.165) is 29.3 Å². The Morgan fingerprint density at radius 3 is 2.73 bits per heavy atom. The molecule has 12 nitrogen and oxygen atoms in total. The zero-order valence-electron chi connectivity index (χ0n) is 22.0. The van der Waals surface area contributed by atoms with Gasteiger partial charge in [-0.1, -0.05) is 25.1 Å². The van der Waals surface area contributed by atoms with Crippen molar-refractivity contribution in [2.45, 2.75) is 70.7 Å². The molecule has 40 heavy (non-hydrogen) atoms. The number of fused-ring (bicyclic) bond motifs is 2. The van der Waals surface area contributed by atoms with E-state index in [4.69, 9.17) is 18.9 Å². The smallest absolute Gasteiger partial charge is 0.359 e. The van der Waals surface area contributed by atoms with E-state index >= 15 is 0 Å². The lowest BCUT2D eigenvalue weighted by Crippen LogP contribution is -2.62. The second-order valence-electron chi connectivity index (χ2n) is 9.91. The molecule has 0 aromatic heterocycles. The summed E-state index contributed by atoms with van der Waals surface area (Å²) in [4.78, 5) is 51.4. The minimum Gasteiger partial charge on any atom is -0.417 e. The van der Waals surface area contributed by atoms with Gasteiger partial charge in [0, 0.05) is 31.2 Å². The summed E-state index contributed by atoms with van der Waals surface area (Å²) in [6.45, 7) is 3.89. The topological polar surface area (TPSA) is 155 Å². The summed E-state index contributed by atoms with van der Waals surface area (Å²) in [7, 11) is -4.27. The van der Waals surface area contributed by atoms with Crippen LogP contribution in [0.2, 0.25) is 0 Å². The van der Waals surface area contributed by atoms with Crippen molar-refractivity contribution in [2.75, 3.05) is 6.61 Å². The lowest BCUT2D eigenvalue weighted by atomic mass is 9.83. The Morgan fingerprint density at radius 2 is 2.00 bits per heavy atom. The summed E-state index contributed by atoms with van der Waals surface area (Å²) in [5.41, 5.74) is 0.0844. The molecule has 5 unspecified atom stereocenters. The first kappa shape index (κ1) is 28.0. The first-order valence-electron chi connectivity index (χ1n) is 13.2. The Labute approximate surface area is 231 Å². The van der Waals surface area contributed by atoms with Crippen molar-refractivity contribution in [2.24, 2.45) is 5.92 Å². The number of carbonyl (C=O) groups is 4. The molecule has 5 atom stereocenters. The van der Waals surface area contributed by atoms with Crippen LogP contribution >= 0.6 is 0 Å². The van der Waals surface area contributed by atoms with Crippen molar-refractivity contribution < 1.29 is 46.5 Å². The van der Waals surface area contributed by atoms with E-state index in [1.165, 1.54) is 6.07 Å². The number of sulfone groups is 1. The van der Waals surface area contributed by atoms with E-state index in [9.17, 15) is 27.6 Å². The maximum absolute atomic E-state index is 13.5. The second kappa shape index (κ2) is 11.1. The van der Waals surface area contributed by atoms with Crippen molar-refractivity contribution in [3.05, 3.63) is 57.6 Å². The molecule has 214 valence electrons. The third-order valence-corrected chi connectivity index (χ3v) is 8.93. The molecular weight excluding hydrogens is 544 g/mol. The lowest BCUT2D eigenvalue weighted by molar-refractivity contribution is -0.210. The Morgan fingerprint density at radius 1 is 1.23 bits per heavy atom. The number of nitrogens with one attached hydrogen (secondary N) is 1. The van der Waals surface area contributed by atoms with Crippen LogP contribution in [0.15, 0.2) is 46.5 Å². The van der Waals surface area contributed by atoms with Gasteiger partial charge in [0.1, 0.15) is 5.70 Å². The van der Waals surface area contributed by atoms with Gasteiger partial charge in [0.15, 0.2) is 16.1 Å². The molecule has 0 aliphatic carbocycles. The number of cyclic esters (lactones) is 1. The summed E-state index contributed by atoms with van der Waals surface area (Å²) in [6, 6.07) is 5.66. The van der Waals surface area contributed by atoms with E-state index in [-0.39, 0.29) is 23.3 Å².